The summed E-state index contributed by atoms with van der Waals surface area (Å²) in [5.41, 5.74) is 7.37. The van der Waals surface area contributed by atoms with Gasteiger partial charge in [-0.05, 0) is 12.5 Å². The molecule has 0 aromatic carbocycles. The van der Waals surface area contributed by atoms with E-state index in [-0.39, 0.29) is 6.54 Å². The third-order valence-electron chi connectivity index (χ3n) is 1.80. The number of carboxylic acids is 1. The van der Waals surface area contributed by atoms with Crippen LogP contribution in [0.2, 0.25) is 0 Å². The topological polar surface area (TPSA) is 78.9 Å². The average Bonchev–Trinajstić information content (AvgIpc) is 2.06. The quantitative estimate of drug-likeness (QED) is 0.634. The van der Waals surface area contributed by atoms with E-state index in [1.165, 1.54) is 11.2 Å². The highest BCUT2D eigenvalue weighted by molar-refractivity contribution is 5.81. The van der Waals surface area contributed by atoms with Gasteiger partial charge in [0.05, 0.1) is 17.6 Å². The first-order valence-electron chi connectivity index (χ1n) is 3.71. The molecule has 0 fully saturated rings. The van der Waals surface area contributed by atoms with Crippen LogP contribution in [0.5, 0.6) is 0 Å². The number of hydrazone groups is 1. The Morgan fingerprint density at radius 2 is 2.46 bits per heavy atom. The lowest BCUT2D eigenvalue weighted by molar-refractivity contribution is -0.137. The van der Waals surface area contributed by atoms with Crippen molar-refractivity contribution in [1.29, 1.82) is 0 Å². The van der Waals surface area contributed by atoms with E-state index in [1.54, 1.807) is 6.92 Å². The summed E-state index contributed by atoms with van der Waals surface area (Å²) in [6.45, 7) is 5.27. The van der Waals surface area contributed by atoms with Gasteiger partial charge in [0, 0.05) is 0 Å². The van der Waals surface area contributed by atoms with E-state index in [1.807, 2.05) is 0 Å². The maximum Gasteiger partial charge on any atom is 0.325 e. The number of allylic oxidation sites excluding steroid dienone is 2. The Balaban J connectivity index is 2.81. The first-order valence-corrected chi connectivity index (χ1v) is 3.71. The van der Waals surface area contributed by atoms with Gasteiger partial charge in [0.1, 0.15) is 6.54 Å². The number of rotatable bonds is 2. The average molecular weight is 181 g/mol. The SMILES string of the molecule is C=C1C(C)=C(N)C=NN1CC(=O)O. The molecule has 0 radical (unpaired) electrons. The molecule has 0 amide bonds. The Morgan fingerprint density at radius 1 is 1.85 bits per heavy atom. The largest absolute Gasteiger partial charge is 0.480 e. The first-order chi connectivity index (χ1) is 6.02. The summed E-state index contributed by atoms with van der Waals surface area (Å²) < 4.78 is 0. The van der Waals surface area contributed by atoms with Gasteiger partial charge in [0.15, 0.2) is 0 Å². The highest BCUT2D eigenvalue weighted by Gasteiger charge is 2.16. The molecule has 0 aliphatic carbocycles. The van der Waals surface area contributed by atoms with E-state index in [0.29, 0.717) is 11.4 Å². The Bertz CT molecular complexity index is 317. The molecule has 0 saturated carbocycles. The maximum atomic E-state index is 10.4. The minimum atomic E-state index is -0.952. The van der Waals surface area contributed by atoms with Gasteiger partial charge >= 0.3 is 5.97 Å². The van der Waals surface area contributed by atoms with Crippen molar-refractivity contribution in [3.63, 3.8) is 0 Å². The number of nitrogens with two attached hydrogens (primary N) is 1. The van der Waals surface area contributed by atoms with Crippen molar-refractivity contribution in [1.82, 2.24) is 5.01 Å². The van der Waals surface area contributed by atoms with Crippen LogP contribution in [-0.2, 0) is 4.79 Å². The smallest absolute Gasteiger partial charge is 0.325 e. The highest BCUT2D eigenvalue weighted by atomic mass is 16.4. The zero-order valence-electron chi connectivity index (χ0n) is 7.32. The van der Waals surface area contributed by atoms with Gasteiger partial charge in [0.2, 0.25) is 0 Å². The van der Waals surface area contributed by atoms with Crippen molar-refractivity contribution in [2.45, 2.75) is 6.92 Å². The van der Waals surface area contributed by atoms with Gasteiger partial charge in [-0.25, -0.2) is 0 Å². The number of nitrogens with zero attached hydrogens (tertiary/aromatic N) is 2. The molecule has 3 N–H and O–H groups in total. The number of hydrogen-bond donors (Lipinski definition) is 2. The summed E-state index contributed by atoms with van der Waals surface area (Å²) >= 11 is 0. The molecule has 0 aromatic rings. The molecular formula is C8H11N3O2. The Hall–Kier alpha value is -1.78. The van der Waals surface area contributed by atoms with Crippen LogP contribution in [0.3, 0.4) is 0 Å². The Kier molecular flexibility index (Phi) is 2.36. The van der Waals surface area contributed by atoms with Crippen LogP contribution >= 0.6 is 0 Å². The maximum absolute atomic E-state index is 10.4. The minimum Gasteiger partial charge on any atom is -0.480 e. The lowest BCUT2D eigenvalue weighted by Crippen LogP contribution is -2.28. The monoisotopic (exact) mass is 181 g/mol. The van der Waals surface area contributed by atoms with Crippen LogP contribution in [0.25, 0.3) is 0 Å². The summed E-state index contributed by atoms with van der Waals surface area (Å²) in [5.74, 6) is -0.952. The van der Waals surface area contributed by atoms with Crippen LogP contribution in [0, 0.1) is 0 Å². The second-order valence-corrected chi connectivity index (χ2v) is 2.72. The van der Waals surface area contributed by atoms with Crippen LogP contribution in [0.4, 0.5) is 0 Å². The lowest BCUT2D eigenvalue weighted by Gasteiger charge is -2.23. The molecule has 1 aliphatic heterocycles. The first kappa shape index (κ1) is 9.31. The van der Waals surface area contributed by atoms with Crippen molar-refractivity contribution >= 4 is 12.2 Å². The van der Waals surface area contributed by atoms with Crippen LogP contribution in [0.15, 0.2) is 28.6 Å². The van der Waals surface area contributed by atoms with Gasteiger partial charge < -0.3 is 10.8 Å². The van der Waals surface area contributed by atoms with Crippen molar-refractivity contribution in [3.8, 4) is 0 Å². The third-order valence-corrected chi connectivity index (χ3v) is 1.80. The second-order valence-electron chi connectivity index (χ2n) is 2.72. The zero-order valence-corrected chi connectivity index (χ0v) is 7.32. The molecule has 70 valence electrons. The van der Waals surface area contributed by atoms with Gasteiger partial charge in [-0.3, -0.25) is 9.80 Å². The summed E-state index contributed by atoms with van der Waals surface area (Å²) in [6.07, 6.45) is 1.42. The molecule has 1 rings (SSSR count). The Morgan fingerprint density at radius 3 is 3.00 bits per heavy atom. The zero-order chi connectivity index (χ0) is 10.0. The van der Waals surface area contributed by atoms with E-state index in [0.717, 1.165) is 5.57 Å². The molecule has 5 nitrogen and oxygen atoms in total. The van der Waals surface area contributed by atoms with E-state index in [2.05, 4.69) is 11.7 Å². The predicted molar refractivity (Wildman–Crippen MR) is 48.9 cm³/mol. The van der Waals surface area contributed by atoms with E-state index >= 15 is 0 Å². The molecule has 5 heteroatoms. The molecule has 0 saturated heterocycles. The number of aliphatic carboxylic acids is 1. The lowest BCUT2D eigenvalue weighted by atomic mass is 10.1. The standard InChI is InChI=1S/C8H11N3O2/c1-5-6(2)11(4-8(12)13)10-3-7(5)9/h3H,2,4,9H2,1H3,(H,12,13). The fourth-order valence-electron chi connectivity index (χ4n) is 0.923. The molecule has 0 spiro atoms. The van der Waals surface area contributed by atoms with Crippen LogP contribution in [0.1, 0.15) is 6.92 Å². The normalized spacial score (nSPS) is 16.7. The molecule has 1 aliphatic rings. The van der Waals surface area contributed by atoms with Gasteiger partial charge in [-0.15, -0.1) is 0 Å². The predicted octanol–water partition coefficient (Wildman–Crippen LogP) is 0.119. The third kappa shape index (κ3) is 1.87. The minimum absolute atomic E-state index is 0.194. The molecule has 0 bridgehead atoms. The van der Waals surface area contributed by atoms with E-state index in [9.17, 15) is 4.79 Å². The molecule has 13 heavy (non-hydrogen) atoms. The fraction of sp³-hybridized carbons (Fsp3) is 0.250. The second kappa shape index (κ2) is 3.30. The van der Waals surface area contributed by atoms with Gasteiger partial charge in [-0.1, -0.05) is 6.58 Å². The fourth-order valence-corrected chi connectivity index (χ4v) is 0.923. The van der Waals surface area contributed by atoms with Crippen molar-refractivity contribution in [3.05, 3.63) is 23.5 Å². The summed E-state index contributed by atoms with van der Waals surface area (Å²) in [7, 11) is 0. The molecule has 1 heterocycles. The van der Waals surface area contributed by atoms with Gasteiger partial charge in [0.25, 0.3) is 0 Å². The molecule has 0 unspecified atom stereocenters. The highest BCUT2D eigenvalue weighted by Crippen LogP contribution is 2.17. The van der Waals surface area contributed by atoms with Crippen molar-refractivity contribution in [2.75, 3.05) is 6.54 Å². The van der Waals surface area contributed by atoms with E-state index < -0.39 is 5.97 Å². The van der Waals surface area contributed by atoms with Crippen molar-refractivity contribution < 1.29 is 9.90 Å². The van der Waals surface area contributed by atoms with E-state index in [4.69, 9.17) is 10.8 Å². The summed E-state index contributed by atoms with van der Waals surface area (Å²) in [5, 5.41) is 13.7. The van der Waals surface area contributed by atoms with Crippen LogP contribution < -0.4 is 5.73 Å². The van der Waals surface area contributed by atoms with Crippen molar-refractivity contribution in [2.24, 2.45) is 10.8 Å². The van der Waals surface area contributed by atoms with Crippen LogP contribution in [-0.4, -0.2) is 28.8 Å². The molecule has 0 aromatic heterocycles. The molecule has 0 atom stereocenters. The summed E-state index contributed by atoms with van der Waals surface area (Å²) in [4.78, 5) is 10.4. The van der Waals surface area contributed by atoms with Gasteiger partial charge in [-0.2, -0.15) is 5.10 Å². The number of hydrogen-bond acceptors (Lipinski definition) is 4. The number of carboxylic acid groups (broad SMARTS) is 1. The molecular weight excluding hydrogens is 170 g/mol. The number of carbonyl (C=O) groups is 1. The summed E-state index contributed by atoms with van der Waals surface area (Å²) in [6, 6.07) is 0. The Labute approximate surface area is 75.8 Å².